The van der Waals surface area contributed by atoms with Crippen molar-refractivity contribution in [2.75, 3.05) is 4.90 Å². The molecule has 1 nitrogen and oxygen atoms in total. The molecular formula is C60H41NSi. The molecule has 0 aliphatic carbocycles. The third-order valence-corrected chi connectivity index (χ3v) is 17.9. The molecule has 1 aliphatic rings. The normalized spacial score (nSPS) is 12.6. The number of fused-ring (bicyclic) bond motifs is 7. The Balaban J connectivity index is 1.03. The Morgan fingerprint density at radius 3 is 1.35 bits per heavy atom. The fraction of sp³-hybridized carbons (Fsp3) is 0. The first-order chi connectivity index (χ1) is 30.7. The predicted octanol–water partition coefficient (Wildman–Crippen LogP) is 13.3. The molecule has 0 aromatic heterocycles. The summed E-state index contributed by atoms with van der Waals surface area (Å²) in [7, 11) is -2.71. The Labute approximate surface area is 363 Å². The molecule has 0 N–H and O–H groups in total. The van der Waals surface area contributed by atoms with Crippen molar-refractivity contribution in [3.05, 3.63) is 249 Å². The lowest BCUT2D eigenvalue weighted by molar-refractivity contribution is 1.30. The highest BCUT2D eigenvalue weighted by atomic mass is 28.3. The average Bonchev–Trinajstić information content (AvgIpc) is 3.63. The molecule has 290 valence electrons. The van der Waals surface area contributed by atoms with Gasteiger partial charge < -0.3 is 4.90 Å². The molecule has 62 heavy (non-hydrogen) atoms. The van der Waals surface area contributed by atoms with Crippen molar-refractivity contribution in [2.24, 2.45) is 0 Å². The van der Waals surface area contributed by atoms with Crippen LogP contribution in [0.3, 0.4) is 0 Å². The molecule has 0 atom stereocenters. The van der Waals surface area contributed by atoms with E-state index < -0.39 is 8.07 Å². The van der Waals surface area contributed by atoms with Crippen LogP contribution in [0.2, 0.25) is 0 Å². The van der Waals surface area contributed by atoms with Gasteiger partial charge in [-0.2, -0.15) is 0 Å². The van der Waals surface area contributed by atoms with E-state index in [1.165, 1.54) is 86.4 Å². The van der Waals surface area contributed by atoms with Crippen LogP contribution in [-0.2, 0) is 0 Å². The summed E-state index contributed by atoms with van der Waals surface area (Å²) in [6, 6.07) is 92.5. The highest BCUT2D eigenvalue weighted by Gasteiger charge is 2.49. The topological polar surface area (TPSA) is 3.24 Å². The van der Waals surface area contributed by atoms with Crippen molar-refractivity contribution in [1.29, 1.82) is 0 Å². The maximum Gasteiger partial charge on any atom is 0.180 e. The Morgan fingerprint density at radius 2 is 0.726 bits per heavy atom. The summed E-state index contributed by atoms with van der Waals surface area (Å²) >= 11 is 0. The Bertz CT molecular complexity index is 3390. The molecule has 0 fully saturated rings. The number of hydrogen-bond acceptors (Lipinski definition) is 1. The van der Waals surface area contributed by atoms with Gasteiger partial charge in [0.05, 0.1) is 5.69 Å². The number of benzene rings is 11. The zero-order valence-corrected chi connectivity index (χ0v) is 35.1. The largest absolute Gasteiger partial charge is 0.310 e. The molecule has 0 spiro atoms. The summed E-state index contributed by atoms with van der Waals surface area (Å²) in [6.07, 6.45) is 0. The molecule has 2 heteroatoms. The van der Waals surface area contributed by atoms with Gasteiger partial charge in [0.2, 0.25) is 0 Å². The Hall–Kier alpha value is -7.78. The Kier molecular flexibility index (Phi) is 8.58. The minimum absolute atomic E-state index is 1.11. The van der Waals surface area contributed by atoms with Gasteiger partial charge in [0.25, 0.3) is 0 Å². The van der Waals surface area contributed by atoms with Crippen molar-refractivity contribution in [2.45, 2.75) is 0 Å². The van der Waals surface area contributed by atoms with E-state index in [0.29, 0.717) is 0 Å². The maximum absolute atomic E-state index is 2.71. The summed E-state index contributed by atoms with van der Waals surface area (Å²) < 4.78 is 0. The summed E-state index contributed by atoms with van der Waals surface area (Å²) in [5.74, 6) is 0. The zero-order valence-electron chi connectivity index (χ0n) is 34.1. The van der Waals surface area contributed by atoms with Crippen molar-refractivity contribution < 1.29 is 0 Å². The van der Waals surface area contributed by atoms with E-state index in [1.807, 2.05) is 0 Å². The lowest BCUT2D eigenvalue weighted by Gasteiger charge is -2.31. The van der Waals surface area contributed by atoms with Gasteiger partial charge in [0.1, 0.15) is 0 Å². The monoisotopic (exact) mass is 803 g/mol. The number of hydrogen-bond donors (Lipinski definition) is 0. The SMILES string of the molecule is c1ccc(-c2ccc(N(c3ccc(-c4ccc5c(c4)[Si](c4ccccc4)(c4ccccc4)c4cc6ccccc6cc4-5)cc3)c3cc4ccccc4c4ccccc34)cc2)cc1. The van der Waals surface area contributed by atoms with Gasteiger partial charge in [-0.3, -0.25) is 0 Å². The maximum atomic E-state index is 2.53. The summed E-state index contributed by atoms with van der Waals surface area (Å²) in [5.41, 5.74) is 10.9. The smallest absolute Gasteiger partial charge is 0.180 e. The van der Waals surface area contributed by atoms with Gasteiger partial charge in [0, 0.05) is 16.8 Å². The van der Waals surface area contributed by atoms with Crippen LogP contribution in [0.4, 0.5) is 17.1 Å². The third-order valence-electron chi connectivity index (χ3n) is 13.1. The first kappa shape index (κ1) is 36.1. The van der Waals surface area contributed by atoms with E-state index in [9.17, 15) is 0 Å². The fourth-order valence-electron chi connectivity index (χ4n) is 10.2. The molecule has 0 saturated heterocycles. The predicted molar refractivity (Wildman–Crippen MR) is 267 cm³/mol. The van der Waals surface area contributed by atoms with Crippen LogP contribution < -0.4 is 25.6 Å². The lowest BCUT2D eigenvalue weighted by atomic mass is 9.97. The van der Waals surface area contributed by atoms with Gasteiger partial charge in [-0.1, -0.05) is 212 Å². The summed E-state index contributed by atoms with van der Waals surface area (Å²) in [6.45, 7) is 0. The van der Waals surface area contributed by atoms with Crippen LogP contribution in [0.25, 0.3) is 65.7 Å². The van der Waals surface area contributed by atoms with Crippen LogP contribution in [0.5, 0.6) is 0 Å². The number of rotatable bonds is 7. The number of nitrogens with zero attached hydrogens (tertiary/aromatic N) is 1. The van der Waals surface area contributed by atoms with E-state index in [0.717, 1.165) is 17.1 Å². The molecule has 0 amide bonds. The van der Waals surface area contributed by atoms with Crippen molar-refractivity contribution in [1.82, 2.24) is 0 Å². The highest BCUT2D eigenvalue weighted by Crippen LogP contribution is 2.43. The zero-order chi connectivity index (χ0) is 41.0. The third kappa shape index (κ3) is 5.76. The quantitative estimate of drug-likeness (QED) is 0.115. The van der Waals surface area contributed by atoms with Crippen LogP contribution in [-0.4, -0.2) is 8.07 Å². The second kappa shape index (κ2) is 14.7. The molecule has 0 bridgehead atoms. The van der Waals surface area contributed by atoms with Crippen molar-refractivity contribution >= 4 is 78.2 Å². The van der Waals surface area contributed by atoms with Gasteiger partial charge >= 0.3 is 0 Å². The van der Waals surface area contributed by atoms with E-state index in [2.05, 4.69) is 254 Å². The molecule has 1 aliphatic heterocycles. The number of anilines is 3. The molecule has 0 saturated carbocycles. The lowest BCUT2D eigenvalue weighted by Crippen LogP contribution is -2.72. The molecule has 11 aromatic rings. The van der Waals surface area contributed by atoms with E-state index in [4.69, 9.17) is 0 Å². The van der Waals surface area contributed by atoms with Gasteiger partial charge in [-0.15, -0.1) is 0 Å². The van der Waals surface area contributed by atoms with E-state index in [1.54, 1.807) is 0 Å². The minimum Gasteiger partial charge on any atom is -0.310 e. The molecule has 1 heterocycles. The van der Waals surface area contributed by atoms with E-state index in [-0.39, 0.29) is 0 Å². The highest BCUT2D eigenvalue weighted by molar-refractivity contribution is 7.22. The van der Waals surface area contributed by atoms with E-state index >= 15 is 0 Å². The second-order valence-electron chi connectivity index (χ2n) is 16.4. The van der Waals surface area contributed by atoms with Crippen molar-refractivity contribution in [3.8, 4) is 33.4 Å². The molecule has 12 rings (SSSR count). The minimum atomic E-state index is -2.71. The molecule has 0 radical (unpaired) electrons. The van der Waals surface area contributed by atoms with Gasteiger partial charge in [-0.05, 0) is 117 Å². The molecule has 0 unspecified atom stereocenters. The first-order valence-corrected chi connectivity index (χ1v) is 23.5. The fourth-order valence-corrected chi connectivity index (χ4v) is 15.5. The van der Waals surface area contributed by atoms with Gasteiger partial charge in [-0.25, -0.2) is 0 Å². The Morgan fingerprint density at radius 1 is 0.274 bits per heavy atom. The van der Waals surface area contributed by atoms with Crippen molar-refractivity contribution in [3.63, 3.8) is 0 Å². The molecule has 11 aromatic carbocycles. The van der Waals surface area contributed by atoms with Gasteiger partial charge in [0.15, 0.2) is 8.07 Å². The molecular weight excluding hydrogens is 763 g/mol. The summed E-state index contributed by atoms with van der Waals surface area (Å²) in [5, 5.41) is 13.3. The summed E-state index contributed by atoms with van der Waals surface area (Å²) in [4.78, 5) is 2.43. The second-order valence-corrected chi connectivity index (χ2v) is 20.2. The average molecular weight is 804 g/mol. The van der Waals surface area contributed by atoms with Crippen LogP contribution in [0, 0.1) is 0 Å². The standard InChI is InChI=1S/C60H41NSi/c1-4-16-42(17-5-1)43-28-33-49(34-29-43)61(58-39-48-20-12-13-25-53(48)54-26-14-15-27-55(54)58)50-35-30-44(31-36-50)47-32-37-56-57-38-45-18-10-11-19-46(45)40-60(57)62(59(56)41-47,51-21-6-2-7-22-51)52-23-8-3-9-24-52/h1-41H. The van der Waals surface area contributed by atoms with Crippen LogP contribution >= 0.6 is 0 Å². The first-order valence-electron chi connectivity index (χ1n) is 21.5. The van der Waals surface area contributed by atoms with Crippen LogP contribution in [0.15, 0.2) is 249 Å². The van der Waals surface area contributed by atoms with Crippen LogP contribution in [0.1, 0.15) is 0 Å².